The Morgan fingerprint density at radius 1 is 1.48 bits per heavy atom. The lowest BCUT2D eigenvalue weighted by molar-refractivity contribution is 0.0706. The molecule has 1 aromatic rings. The second-order valence-corrected chi connectivity index (χ2v) is 4.35. The van der Waals surface area contributed by atoms with Gasteiger partial charge in [-0.05, 0) is 25.1 Å². The number of carbonyl (C=O) groups is 1. The second-order valence-electron chi connectivity index (χ2n) is 4.35. The molecule has 0 aromatic heterocycles. The van der Waals surface area contributed by atoms with Gasteiger partial charge < -0.3 is 14.7 Å². The number of benzene rings is 1. The van der Waals surface area contributed by atoms with Crippen LogP contribution in [-0.4, -0.2) is 49.3 Å². The fourth-order valence-electron chi connectivity index (χ4n) is 1.75. The quantitative estimate of drug-likeness (QED) is 0.812. The molecule has 1 aromatic carbocycles. The van der Waals surface area contributed by atoms with E-state index in [1.807, 2.05) is 6.92 Å². The van der Waals surface area contributed by atoms with Gasteiger partial charge in [-0.3, -0.25) is 4.79 Å². The Hall–Kier alpha value is -1.90. The van der Waals surface area contributed by atoms with Crippen LogP contribution >= 0.6 is 0 Å². The Balaban J connectivity index is 2.87. The molecule has 0 saturated heterocycles. The van der Waals surface area contributed by atoms with E-state index < -0.39 is 5.82 Å². The number of halogens is 1. The summed E-state index contributed by atoms with van der Waals surface area (Å²) >= 11 is 0. The SMILES string of the molecule is CCN(CCOC)C(=O)c1ccc(C#CCCO)c(F)c1. The van der Waals surface area contributed by atoms with E-state index in [1.165, 1.54) is 12.1 Å². The van der Waals surface area contributed by atoms with Crippen LogP contribution in [0.5, 0.6) is 0 Å². The lowest BCUT2D eigenvalue weighted by atomic mass is 10.1. The number of ether oxygens (including phenoxy) is 1. The lowest BCUT2D eigenvalue weighted by Crippen LogP contribution is -2.33. The van der Waals surface area contributed by atoms with Crippen molar-refractivity contribution >= 4 is 5.91 Å². The highest BCUT2D eigenvalue weighted by molar-refractivity contribution is 5.94. The van der Waals surface area contributed by atoms with Crippen molar-refractivity contribution in [3.63, 3.8) is 0 Å². The molecule has 4 nitrogen and oxygen atoms in total. The van der Waals surface area contributed by atoms with Crippen LogP contribution in [0.2, 0.25) is 0 Å². The van der Waals surface area contributed by atoms with Crippen molar-refractivity contribution in [3.05, 3.63) is 35.1 Å². The number of nitrogens with zero attached hydrogens (tertiary/aromatic N) is 1. The summed E-state index contributed by atoms with van der Waals surface area (Å²) in [5, 5.41) is 8.63. The number of likely N-dealkylation sites (N-methyl/N-ethyl adjacent to an activating group) is 1. The van der Waals surface area contributed by atoms with Crippen molar-refractivity contribution in [1.82, 2.24) is 4.90 Å². The average Bonchev–Trinajstić information content (AvgIpc) is 2.49. The fraction of sp³-hybridized carbons (Fsp3) is 0.438. The molecule has 0 bridgehead atoms. The molecule has 1 rings (SSSR count). The number of methoxy groups -OCH3 is 1. The largest absolute Gasteiger partial charge is 0.395 e. The van der Waals surface area contributed by atoms with Gasteiger partial charge in [-0.25, -0.2) is 4.39 Å². The minimum Gasteiger partial charge on any atom is -0.395 e. The van der Waals surface area contributed by atoms with Crippen LogP contribution in [0.3, 0.4) is 0 Å². The van der Waals surface area contributed by atoms with E-state index in [1.54, 1.807) is 18.1 Å². The predicted octanol–water partition coefficient (Wildman–Crippen LogP) is 1.67. The average molecular weight is 293 g/mol. The molecule has 21 heavy (non-hydrogen) atoms. The summed E-state index contributed by atoms with van der Waals surface area (Å²) in [4.78, 5) is 13.8. The van der Waals surface area contributed by atoms with Crippen LogP contribution < -0.4 is 0 Å². The van der Waals surface area contributed by atoms with Gasteiger partial charge in [0.25, 0.3) is 5.91 Å². The van der Waals surface area contributed by atoms with E-state index >= 15 is 0 Å². The van der Waals surface area contributed by atoms with E-state index in [4.69, 9.17) is 9.84 Å². The summed E-state index contributed by atoms with van der Waals surface area (Å²) < 4.78 is 18.8. The molecule has 0 heterocycles. The van der Waals surface area contributed by atoms with Crippen LogP contribution in [0.25, 0.3) is 0 Å². The van der Waals surface area contributed by atoms with Gasteiger partial charge in [0.2, 0.25) is 0 Å². The second kappa shape index (κ2) is 9.11. The molecule has 0 aliphatic rings. The molecular formula is C16H20FNO3. The van der Waals surface area contributed by atoms with Crippen molar-refractivity contribution in [3.8, 4) is 11.8 Å². The molecule has 0 unspecified atom stereocenters. The van der Waals surface area contributed by atoms with Crippen molar-refractivity contribution in [1.29, 1.82) is 0 Å². The van der Waals surface area contributed by atoms with E-state index in [0.29, 0.717) is 26.1 Å². The molecule has 114 valence electrons. The maximum Gasteiger partial charge on any atom is 0.254 e. The maximum atomic E-state index is 13.9. The van der Waals surface area contributed by atoms with Gasteiger partial charge in [-0.15, -0.1) is 0 Å². The van der Waals surface area contributed by atoms with E-state index in [9.17, 15) is 9.18 Å². The highest BCUT2D eigenvalue weighted by atomic mass is 19.1. The Kier molecular flexibility index (Phi) is 7.44. The third-order valence-corrected chi connectivity index (χ3v) is 2.91. The number of aliphatic hydroxyl groups excluding tert-OH is 1. The van der Waals surface area contributed by atoms with E-state index in [2.05, 4.69) is 11.8 Å². The normalized spacial score (nSPS) is 9.90. The van der Waals surface area contributed by atoms with Crippen LogP contribution in [0.1, 0.15) is 29.3 Å². The molecule has 1 amide bonds. The zero-order valence-electron chi connectivity index (χ0n) is 12.4. The zero-order valence-corrected chi connectivity index (χ0v) is 12.4. The smallest absolute Gasteiger partial charge is 0.254 e. The molecule has 1 N–H and O–H groups in total. The van der Waals surface area contributed by atoms with Crippen LogP contribution in [0.15, 0.2) is 18.2 Å². The Bertz CT molecular complexity index is 534. The van der Waals surface area contributed by atoms with Gasteiger partial charge in [0.15, 0.2) is 0 Å². The molecule has 0 aliphatic carbocycles. The number of carbonyl (C=O) groups excluding carboxylic acids is 1. The van der Waals surface area contributed by atoms with Gasteiger partial charge in [-0.2, -0.15) is 0 Å². The molecule has 0 saturated carbocycles. The molecule has 5 heteroatoms. The fourth-order valence-corrected chi connectivity index (χ4v) is 1.75. The number of hydrogen-bond acceptors (Lipinski definition) is 3. The first-order valence-electron chi connectivity index (χ1n) is 6.81. The predicted molar refractivity (Wildman–Crippen MR) is 78.4 cm³/mol. The van der Waals surface area contributed by atoms with Crippen molar-refractivity contribution in [2.24, 2.45) is 0 Å². The van der Waals surface area contributed by atoms with Gasteiger partial charge >= 0.3 is 0 Å². The standard InChI is InChI=1S/C16H20FNO3/c1-3-18(9-11-21-2)16(20)14-8-7-13(15(17)12-14)6-4-5-10-19/h7-8,12,19H,3,5,9-11H2,1-2H3. The first-order valence-corrected chi connectivity index (χ1v) is 6.81. The van der Waals surface area contributed by atoms with Gasteiger partial charge in [0, 0.05) is 32.2 Å². The van der Waals surface area contributed by atoms with Gasteiger partial charge in [0.05, 0.1) is 18.8 Å². The van der Waals surface area contributed by atoms with Crippen LogP contribution in [0, 0.1) is 17.7 Å². The minimum atomic E-state index is -0.533. The van der Waals surface area contributed by atoms with Gasteiger partial charge in [0.1, 0.15) is 5.82 Å². The lowest BCUT2D eigenvalue weighted by Gasteiger charge is -2.20. The molecule has 0 spiro atoms. The molecular weight excluding hydrogens is 273 g/mol. The first kappa shape index (κ1) is 17.2. The third-order valence-electron chi connectivity index (χ3n) is 2.91. The topological polar surface area (TPSA) is 49.8 Å². The monoisotopic (exact) mass is 293 g/mol. The minimum absolute atomic E-state index is 0.0594. The molecule has 0 aliphatic heterocycles. The van der Waals surface area contributed by atoms with Crippen LogP contribution in [0.4, 0.5) is 4.39 Å². The number of hydrogen-bond donors (Lipinski definition) is 1. The third kappa shape index (κ3) is 5.18. The Morgan fingerprint density at radius 3 is 2.81 bits per heavy atom. The summed E-state index contributed by atoms with van der Waals surface area (Å²) in [5.74, 6) is 4.51. The number of amides is 1. The molecule has 0 radical (unpaired) electrons. The zero-order chi connectivity index (χ0) is 15.7. The first-order chi connectivity index (χ1) is 10.1. The highest BCUT2D eigenvalue weighted by Crippen LogP contribution is 2.12. The Labute approximate surface area is 124 Å². The van der Waals surface area contributed by atoms with Crippen molar-refractivity contribution in [2.75, 3.05) is 33.4 Å². The summed E-state index contributed by atoms with van der Waals surface area (Å²) in [6.45, 7) is 3.23. The summed E-state index contributed by atoms with van der Waals surface area (Å²) in [6.07, 6.45) is 0.292. The van der Waals surface area contributed by atoms with Crippen molar-refractivity contribution < 1.29 is 19.0 Å². The molecule has 0 atom stereocenters. The Morgan fingerprint density at radius 2 is 2.24 bits per heavy atom. The number of aliphatic hydroxyl groups is 1. The highest BCUT2D eigenvalue weighted by Gasteiger charge is 2.15. The van der Waals surface area contributed by atoms with Crippen LogP contribution in [-0.2, 0) is 4.74 Å². The maximum absolute atomic E-state index is 13.9. The van der Waals surface area contributed by atoms with E-state index in [-0.39, 0.29) is 23.6 Å². The summed E-state index contributed by atoms with van der Waals surface area (Å²) in [7, 11) is 1.57. The van der Waals surface area contributed by atoms with Gasteiger partial charge in [-0.1, -0.05) is 11.8 Å². The van der Waals surface area contributed by atoms with Crippen molar-refractivity contribution in [2.45, 2.75) is 13.3 Å². The molecule has 0 fully saturated rings. The summed E-state index contributed by atoms with van der Waals surface area (Å²) in [5.41, 5.74) is 0.512. The van der Waals surface area contributed by atoms with E-state index in [0.717, 1.165) is 0 Å². The summed E-state index contributed by atoms with van der Waals surface area (Å²) in [6, 6.07) is 4.24. The number of rotatable bonds is 6.